The van der Waals surface area contributed by atoms with Crippen molar-refractivity contribution in [1.29, 1.82) is 0 Å². The molecule has 0 bridgehead atoms. The van der Waals surface area contributed by atoms with Gasteiger partial charge >= 0.3 is 6.18 Å². The van der Waals surface area contributed by atoms with Crippen LogP contribution in [0.1, 0.15) is 65.2 Å². The first-order valence-corrected chi connectivity index (χ1v) is 21.2. The number of nitrogens with one attached hydrogen (secondary N) is 2. The van der Waals surface area contributed by atoms with Crippen LogP contribution in [0.25, 0.3) is 22.3 Å². The summed E-state index contributed by atoms with van der Waals surface area (Å²) in [6, 6.07) is 23.6. The topological polar surface area (TPSA) is 154 Å². The summed E-state index contributed by atoms with van der Waals surface area (Å²) in [6.07, 6.45) is 3.63. The second kappa shape index (κ2) is 26.5. The molecule has 2 aromatic carbocycles. The Morgan fingerprint density at radius 1 is 0.984 bits per heavy atom. The molecular formula is C46H61ClF3N5O7. The standard InChI is InChI=1S/C25H36ClN3O4.C9H10O.C7H5NO.C3H4F3NO.C2H6/c1-4-18(24(31)27-25(2,3)32)15-21(30)16-28-11-13-29(14-12-28)17-22-9-10-23(33-22)19-5-7-20(26)8-6-19;1-2-6-9-8(4-1)5-3-7-10-9;1-3-8-5-6-2-4-9-7(1)6;4-3(5,6)1-7-2-8;1-2/h5-10,18,21,30,32H,4,11-17H2,1-3H3,(H,27,31);1-2,4,6H,3,5,7H2;1-5H;2H,1H2,(H,7,8);1-2H3/t18?,21-;;;;/m0..../s1. The largest absolute Gasteiger partial charge is 0.493 e. The minimum absolute atomic E-state index is 0.00743. The Morgan fingerprint density at radius 2 is 1.68 bits per heavy atom. The molecule has 5 aromatic rings. The van der Waals surface area contributed by atoms with Gasteiger partial charge in [-0.1, -0.05) is 50.6 Å². The molecular weight excluding hydrogens is 827 g/mol. The van der Waals surface area contributed by atoms with E-state index in [0.717, 1.165) is 79.6 Å². The number of piperazine rings is 1. The molecule has 0 aliphatic carbocycles. The predicted octanol–water partition coefficient (Wildman–Crippen LogP) is 8.50. The number of hydrogen-bond donors (Lipinski definition) is 4. The Hall–Kier alpha value is -4.93. The Labute approximate surface area is 367 Å². The number of aliphatic hydroxyl groups is 2. The number of carbonyl (C=O) groups is 2. The zero-order chi connectivity index (χ0) is 45.5. The Morgan fingerprint density at radius 3 is 2.29 bits per heavy atom. The van der Waals surface area contributed by atoms with E-state index in [1.807, 2.05) is 81.4 Å². The van der Waals surface area contributed by atoms with E-state index in [9.17, 15) is 33.0 Å². The minimum atomic E-state index is -4.29. The van der Waals surface area contributed by atoms with Crippen LogP contribution in [-0.2, 0) is 22.6 Å². The molecule has 3 aromatic heterocycles. The molecule has 2 atom stereocenters. The smallest absolute Gasteiger partial charge is 0.405 e. The average Bonchev–Trinajstić information content (AvgIpc) is 3.94. The molecule has 0 saturated carbocycles. The van der Waals surface area contributed by atoms with Gasteiger partial charge in [-0.25, -0.2) is 0 Å². The second-order valence-corrected chi connectivity index (χ2v) is 15.3. The molecule has 1 unspecified atom stereocenters. The lowest BCUT2D eigenvalue weighted by Crippen LogP contribution is -2.49. The number of rotatable bonds is 12. The Balaban J connectivity index is 0.000000281. The van der Waals surface area contributed by atoms with Crippen LogP contribution in [0, 0.1) is 5.92 Å². The summed E-state index contributed by atoms with van der Waals surface area (Å²) in [6.45, 7) is 13.4. The van der Waals surface area contributed by atoms with Gasteiger partial charge in [0.1, 0.15) is 35.1 Å². The molecule has 0 radical (unpaired) electrons. The van der Waals surface area contributed by atoms with Crippen LogP contribution >= 0.6 is 11.6 Å². The summed E-state index contributed by atoms with van der Waals surface area (Å²) in [7, 11) is 0. The fourth-order valence-electron chi connectivity index (χ4n) is 6.41. The first-order chi connectivity index (χ1) is 29.6. The maximum atomic E-state index is 12.3. The number of halogens is 4. The zero-order valence-electron chi connectivity index (χ0n) is 36.2. The van der Waals surface area contributed by atoms with Gasteiger partial charge < -0.3 is 34.4 Å². The van der Waals surface area contributed by atoms with Gasteiger partial charge in [-0.15, -0.1) is 0 Å². The fourth-order valence-corrected chi connectivity index (χ4v) is 6.53. The lowest BCUT2D eigenvalue weighted by molar-refractivity contribution is -0.132. The third-order valence-electron chi connectivity index (χ3n) is 9.41. The van der Waals surface area contributed by atoms with Crippen LogP contribution in [0.5, 0.6) is 5.75 Å². The van der Waals surface area contributed by atoms with Crippen molar-refractivity contribution in [2.24, 2.45) is 5.92 Å². The van der Waals surface area contributed by atoms with Crippen LogP contribution in [0.2, 0.25) is 5.02 Å². The number of aryl methyl sites for hydroxylation is 1. The summed E-state index contributed by atoms with van der Waals surface area (Å²) in [5.41, 5.74) is 2.00. The van der Waals surface area contributed by atoms with Gasteiger partial charge in [0.15, 0.2) is 0 Å². The van der Waals surface area contributed by atoms with E-state index in [-0.39, 0.29) is 18.2 Å². The zero-order valence-corrected chi connectivity index (χ0v) is 36.9. The van der Waals surface area contributed by atoms with Gasteiger partial charge in [0.2, 0.25) is 12.3 Å². The maximum Gasteiger partial charge on any atom is 0.405 e. The molecule has 2 amide bonds. The van der Waals surface area contributed by atoms with Crippen LogP contribution in [0.3, 0.4) is 0 Å². The highest BCUT2D eigenvalue weighted by atomic mass is 35.5. The lowest BCUT2D eigenvalue weighted by atomic mass is 9.96. The Kier molecular flexibility index (Phi) is 22.0. The summed E-state index contributed by atoms with van der Waals surface area (Å²) < 4.78 is 49.6. The number of alkyl halides is 3. The number of β-amino-alcohol motifs (C(OH)–C–C–N with tert-alkyl or cyclic N) is 1. The van der Waals surface area contributed by atoms with Crippen LogP contribution in [0.15, 0.2) is 100 Å². The quantitative estimate of drug-likeness (QED) is 0.0709. The molecule has 62 heavy (non-hydrogen) atoms. The molecule has 4 N–H and O–H groups in total. The molecule has 0 spiro atoms. The molecule has 2 aliphatic heterocycles. The van der Waals surface area contributed by atoms with Crippen molar-refractivity contribution >= 4 is 34.9 Å². The normalized spacial score (nSPS) is 14.9. The van der Waals surface area contributed by atoms with Gasteiger partial charge in [-0.2, -0.15) is 13.2 Å². The highest BCUT2D eigenvalue weighted by Crippen LogP contribution is 2.25. The number of carbonyl (C=O) groups excluding carboxylic acids is 2. The van der Waals surface area contributed by atoms with Gasteiger partial charge in [0.25, 0.3) is 0 Å². The molecule has 1 saturated heterocycles. The molecule has 7 rings (SSSR count). The van der Waals surface area contributed by atoms with Crippen molar-refractivity contribution < 1.29 is 46.5 Å². The summed E-state index contributed by atoms with van der Waals surface area (Å²) in [5.74, 6) is 2.31. The van der Waals surface area contributed by atoms with E-state index < -0.39 is 24.6 Å². The number of ether oxygens (including phenoxy) is 1. The summed E-state index contributed by atoms with van der Waals surface area (Å²) in [5, 5.41) is 26.2. The number of pyridine rings is 1. The highest BCUT2D eigenvalue weighted by Gasteiger charge is 2.27. The van der Waals surface area contributed by atoms with E-state index in [1.54, 1.807) is 18.7 Å². The maximum absolute atomic E-state index is 12.3. The highest BCUT2D eigenvalue weighted by molar-refractivity contribution is 6.30. The fraction of sp³-hybridized carbons (Fsp3) is 0.457. The third kappa shape index (κ3) is 19.4. The van der Waals surface area contributed by atoms with Crippen molar-refractivity contribution in [1.82, 2.24) is 25.4 Å². The number of furan rings is 2. The van der Waals surface area contributed by atoms with Crippen molar-refractivity contribution in [3.63, 3.8) is 0 Å². The first-order valence-electron chi connectivity index (χ1n) is 20.9. The number of aromatic nitrogens is 1. The van der Waals surface area contributed by atoms with Crippen LogP contribution in [0.4, 0.5) is 13.2 Å². The Bertz CT molecular complexity index is 1960. The number of hydrogen-bond acceptors (Lipinski definition) is 10. The van der Waals surface area contributed by atoms with Gasteiger partial charge in [-0.3, -0.25) is 24.4 Å². The third-order valence-corrected chi connectivity index (χ3v) is 9.66. The number of nitrogens with zero attached hydrogens (tertiary/aromatic N) is 3. The minimum Gasteiger partial charge on any atom is -0.493 e. The molecule has 12 nitrogen and oxygen atoms in total. The van der Waals surface area contributed by atoms with Gasteiger partial charge in [-0.05, 0) is 99.7 Å². The lowest BCUT2D eigenvalue weighted by Gasteiger charge is -2.35. The van der Waals surface area contributed by atoms with Crippen LogP contribution < -0.4 is 15.4 Å². The number of fused-ring (bicyclic) bond motifs is 2. The van der Waals surface area contributed by atoms with E-state index in [4.69, 9.17) is 25.2 Å². The van der Waals surface area contributed by atoms with Gasteiger partial charge in [0, 0.05) is 67.0 Å². The number of benzene rings is 2. The second-order valence-electron chi connectivity index (χ2n) is 14.9. The number of amides is 2. The van der Waals surface area contributed by atoms with Crippen LogP contribution in [-0.4, -0.2) is 101 Å². The molecule has 2 aliphatic rings. The van der Waals surface area contributed by atoms with Crippen molar-refractivity contribution in [2.75, 3.05) is 45.9 Å². The van der Waals surface area contributed by atoms with E-state index in [1.165, 1.54) is 31.1 Å². The summed E-state index contributed by atoms with van der Waals surface area (Å²) >= 11 is 5.96. The van der Waals surface area contributed by atoms with Gasteiger partial charge in [0.05, 0.1) is 25.5 Å². The van der Waals surface area contributed by atoms with Crippen molar-refractivity contribution in [3.8, 4) is 17.1 Å². The number of para-hydroxylation sites is 1. The SMILES string of the molecule is CC.CCC(C[C@H](O)CN1CCN(Cc2ccc(-c3ccc(Cl)cc3)o2)CC1)C(=O)NC(C)(C)O.O=CNCC(F)(F)F.c1cc2occc2cn1.c1ccc2c(c1)CCCO2. The molecule has 5 heterocycles. The molecule has 1 fully saturated rings. The predicted molar refractivity (Wildman–Crippen MR) is 235 cm³/mol. The van der Waals surface area contributed by atoms with Crippen molar-refractivity contribution in [2.45, 2.75) is 84.9 Å². The van der Waals surface area contributed by atoms with Crippen molar-refractivity contribution in [3.05, 3.63) is 108 Å². The van der Waals surface area contributed by atoms with E-state index in [2.05, 4.69) is 32.2 Å². The average molecular weight is 888 g/mol. The monoisotopic (exact) mass is 887 g/mol. The number of aliphatic hydroxyl groups excluding tert-OH is 1. The van der Waals surface area contributed by atoms with E-state index in [0.29, 0.717) is 24.4 Å². The summed E-state index contributed by atoms with van der Waals surface area (Å²) in [4.78, 5) is 30.1. The van der Waals surface area contributed by atoms with E-state index >= 15 is 0 Å². The molecule has 16 heteroatoms. The molecule has 340 valence electrons. The first kappa shape index (κ1) is 51.4.